The smallest absolute Gasteiger partial charge is 0.410 e. The molecule has 14 nitrogen and oxygen atoms in total. The van der Waals surface area contributed by atoms with E-state index in [1.54, 1.807) is 61.8 Å². The zero-order valence-electron chi connectivity index (χ0n) is 32.7. The minimum Gasteiger partial charge on any atom is -0.481 e. The van der Waals surface area contributed by atoms with Gasteiger partial charge in [-0.15, -0.1) is 0 Å². The average molecular weight is 818 g/mol. The summed E-state index contributed by atoms with van der Waals surface area (Å²) in [7, 11) is 3.20. The minimum atomic E-state index is -0.713. The van der Waals surface area contributed by atoms with E-state index >= 15 is 0 Å². The van der Waals surface area contributed by atoms with E-state index in [-0.39, 0.29) is 36.6 Å². The monoisotopic (exact) mass is 816 g/mol. The Kier molecular flexibility index (Phi) is 11.1. The normalized spacial score (nSPS) is 19.4. The first-order chi connectivity index (χ1) is 27.0. The predicted molar refractivity (Wildman–Crippen MR) is 217 cm³/mol. The molecule has 3 N–H and O–H groups in total. The van der Waals surface area contributed by atoms with Crippen molar-refractivity contribution < 1.29 is 24.2 Å². The number of carbonyl (C=O) groups excluding carboxylic acids is 2. The Morgan fingerprint density at radius 1 is 1.11 bits per heavy atom. The number of amides is 2. The molecular formula is C41H46Cl2N8O6. The molecule has 0 bridgehead atoms. The molecule has 2 aliphatic rings. The van der Waals surface area contributed by atoms with Crippen molar-refractivity contribution in [2.75, 3.05) is 13.7 Å². The number of aliphatic hydroxyl groups is 1. The number of nitrogens with one attached hydrogen (secondary N) is 2. The lowest BCUT2D eigenvalue weighted by atomic mass is 9.77. The molecule has 0 unspecified atom stereocenters. The zero-order valence-corrected chi connectivity index (χ0v) is 34.2. The highest BCUT2D eigenvalue weighted by molar-refractivity contribution is 6.39. The molecule has 2 amide bonds. The second-order valence-electron chi connectivity index (χ2n) is 16.0. The second-order valence-corrected chi connectivity index (χ2v) is 16.8. The maximum absolute atomic E-state index is 13.4. The number of aromatic nitrogens is 5. The van der Waals surface area contributed by atoms with E-state index in [9.17, 15) is 19.5 Å². The lowest BCUT2D eigenvalue weighted by molar-refractivity contribution is -0.119. The van der Waals surface area contributed by atoms with Crippen LogP contribution in [0, 0.1) is 0 Å². The van der Waals surface area contributed by atoms with Gasteiger partial charge in [0.2, 0.25) is 11.8 Å². The van der Waals surface area contributed by atoms with E-state index in [0.717, 1.165) is 0 Å². The fourth-order valence-corrected chi connectivity index (χ4v) is 8.01. The fraction of sp³-hybridized carbons (Fsp3) is 0.415. The lowest BCUT2D eigenvalue weighted by Crippen LogP contribution is -2.51. The van der Waals surface area contributed by atoms with Crippen LogP contribution in [0.4, 0.5) is 4.79 Å². The van der Waals surface area contributed by atoms with Crippen molar-refractivity contribution in [3.05, 3.63) is 86.6 Å². The van der Waals surface area contributed by atoms with Gasteiger partial charge in [0.25, 0.3) is 5.56 Å². The number of rotatable bonds is 11. The topological polar surface area (TPSA) is 165 Å². The number of hydrogen-bond acceptors (Lipinski definition) is 10. The van der Waals surface area contributed by atoms with Crippen molar-refractivity contribution in [2.45, 2.75) is 89.8 Å². The Morgan fingerprint density at radius 2 is 1.84 bits per heavy atom. The molecule has 1 atom stereocenters. The molecular weight excluding hydrogens is 771 g/mol. The maximum Gasteiger partial charge on any atom is 0.410 e. The van der Waals surface area contributed by atoms with Crippen molar-refractivity contribution in [1.29, 1.82) is 0 Å². The van der Waals surface area contributed by atoms with Gasteiger partial charge in [-0.05, 0) is 71.2 Å². The fourth-order valence-electron chi connectivity index (χ4n) is 7.36. The van der Waals surface area contributed by atoms with Crippen molar-refractivity contribution in [3.8, 4) is 39.5 Å². The van der Waals surface area contributed by atoms with E-state index in [4.69, 9.17) is 42.8 Å². The van der Waals surface area contributed by atoms with Gasteiger partial charge in [0.15, 0.2) is 0 Å². The Balaban J connectivity index is 1.16. The number of halogens is 2. The first-order valence-corrected chi connectivity index (χ1v) is 19.5. The number of benzene rings is 1. The van der Waals surface area contributed by atoms with E-state index in [1.165, 1.54) is 11.7 Å². The third kappa shape index (κ3) is 8.64. The van der Waals surface area contributed by atoms with Gasteiger partial charge >= 0.3 is 6.09 Å². The summed E-state index contributed by atoms with van der Waals surface area (Å²) >= 11 is 14.2. The van der Waals surface area contributed by atoms with Gasteiger partial charge in [0.05, 0.1) is 47.2 Å². The van der Waals surface area contributed by atoms with Crippen molar-refractivity contribution in [2.24, 2.45) is 7.05 Å². The number of ether oxygens (including phenoxy) is 2. The Bertz CT molecular complexity index is 2420. The summed E-state index contributed by atoms with van der Waals surface area (Å²) in [4.78, 5) is 49.6. The number of pyridine rings is 2. The average Bonchev–Trinajstić information content (AvgIpc) is 3.76. The summed E-state index contributed by atoms with van der Waals surface area (Å²) < 4.78 is 14.5. The van der Waals surface area contributed by atoms with Gasteiger partial charge < -0.3 is 30.1 Å². The number of fused-ring (bicyclic) bond motifs is 1. The predicted octanol–water partition coefficient (Wildman–Crippen LogP) is 6.16. The summed E-state index contributed by atoms with van der Waals surface area (Å²) in [5, 5.41) is 21.8. The Morgan fingerprint density at radius 3 is 2.53 bits per heavy atom. The number of carbonyl (C=O) groups is 2. The van der Waals surface area contributed by atoms with Gasteiger partial charge in [-0.25, -0.2) is 14.3 Å². The molecule has 4 aromatic heterocycles. The molecule has 7 rings (SSSR count). The minimum absolute atomic E-state index is 0.0431. The molecule has 1 aliphatic carbocycles. The van der Waals surface area contributed by atoms with Crippen LogP contribution in [0.2, 0.25) is 10.0 Å². The molecule has 5 heterocycles. The Labute approximate surface area is 340 Å². The molecule has 2 fully saturated rings. The van der Waals surface area contributed by atoms with Crippen molar-refractivity contribution >= 4 is 40.7 Å². The summed E-state index contributed by atoms with van der Waals surface area (Å²) in [6.45, 7) is 8.00. The quantitative estimate of drug-likeness (QED) is 0.141. The molecule has 0 spiro atoms. The van der Waals surface area contributed by atoms with E-state index in [0.29, 0.717) is 98.7 Å². The SMILES string of the molecule is COc1nc(-c2cccc(-c3ccnc(-c4cc5c(=O)n(C)c(CNC6CC(C)(O)C6)nn5c4)c3Cl)c2Cl)ccc1CN(C[C@@H]1CCC(=O)N1)C(=O)OC(C)(C)C. The molecule has 1 saturated heterocycles. The lowest BCUT2D eigenvalue weighted by Gasteiger charge is -2.41. The number of methoxy groups -OCH3 is 1. The summed E-state index contributed by atoms with van der Waals surface area (Å²) in [6.07, 6.45) is 5.17. The zero-order chi connectivity index (χ0) is 40.8. The van der Waals surface area contributed by atoms with Crippen LogP contribution in [-0.2, 0) is 29.7 Å². The van der Waals surface area contributed by atoms with Crippen LogP contribution in [0.1, 0.15) is 64.8 Å². The summed E-state index contributed by atoms with van der Waals surface area (Å²) in [5.74, 6) is 0.812. The van der Waals surface area contributed by atoms with Crippen LogP contribution in [0.15, 0.2) is 59.7 Å². The molecule has 1 aromatic carbocycles. The molecule has 5 aromatic rings. The summed E-state index contributed by atoms with van der Waals surface area (Å²) in [5.41, 5.74) is 2.91. The second kappa shape index (κ2) is 15.7. The standard InChI is InChI=1S/C41H46Cl2N8O6/c1-40(2,3)57-39(54)50(22-25-11-13-33(52)46-25)20-23-10-12-30(47-37(23)56-6)29-9-7-8-27(34(29)42)28-14-15-44-36(35(28)43)24-16-31-38(53)49(5)32(48-51(31)21-24)19-45-26-17-41(4,55)18-26/h7-10,12,14-16,21,25-26,45,55H,11,13,17-20,22H2,1-6H3,(H,46,52)/t25-,26?,41?/m0/s1. The van der Waals surface area contributed by atoms with Crippen LogP contribution in [0.25, 0.3) is 39.2 Å². The highest BCUT2D eigenvalue weighted by Crippen LogP contribution is 2.42. The highest BCUT2D eigenvalue weighted by Gasteiger charge is 2.38. The van der Waals surface area contributed by atoms with Crippen molar-refractivity contribution in [1.82, 2.24) is 39.7 Å². The third-order valence-corrected chi connectivity index (χ3v) is 11.0. The van der Waals surface area contributed by atoms with Crippen LogP contribution in [0.3, 0.4) is 0 Å². The number of hydrogen-bond donors (Lipinski definition) is 3. The molecule has 16 heteroatoms. The summed E-state index contributed by atoms with van der Waals surface area (Å²) in [6, 6.07) is 12.7. The van der Waals surface area contributed by atoms with E-state index in [2.05, 4.69) is 15.6 Å². The first kappa shape index (κ1) is 40.2. The molecule has 1 aliphatic heterocycles. The Hall–Kier alpha value is -5.02. The van der Waals surface area contributed by atoms with E-state index in [1.807, 2.05) is 37.3 Å². The molecule has 57 heavy (non-hydrogen) atoms. The van der Waals surface area contributed by atoms with Gasteiger partial charge in [-0.3, -0.25) is 19.1 Å². The van der Waals surface area contributed by atoms with Crippen LogP contribution in [-0.4, -0.2) is 83.1 Å². The third-order valence-electron chi connectivity index (χ3n) is 10.3. The van der Waals surface area contributed by atoms with Gasteiger partial charge in [0, 0.05) is 72.3 Å². The van der Waals surface area contributed by atoms with Crippen LogP contribution in [0.5, 0.6) is 5.88 Å². The van der Waals surface area contributed by atoms with E-state index < -0.39 is 17.3 Å². The van der Waals surface area contributed by atoms with Crippen LogP contribution < -0.4 is 20.9 Å². The van der Waals surface area contributed by atoms with Gasteiger partial charge in [-0.2, -0.15) is 5.10 Å². The van der Waals surface area contributed by atoms with Gasteiger partial charge in [-0.1, -0.05) is 41.4 Å². The largest absolute Gasteiger partial charge is 0.481 e. The first-order valence-electron chi connectivity index (χ1n) is 18.8. The molecule has 1 saturated carbocycles. The highest BCUT2D eigenvalue weighted by atomic mass is 35.5. The number of nitrogens with zero attached hydrogens (tertiary/aromatic N) is 6. The maximum atomic E-state index is 13.4. The van der Waals surface area contributed by atoms with Gasteiger partial charge in [0.1, 0.15) is 16.9 Å². The molecule has 300 valence electrons. The van der Waals surface area contributed by atoms with Crippen molar-refractivity contribution in [3.63, 3.8) is 0 Å². The molecule has 0 radical (unpaired) electrons. The van der Waals surface area contributed by atoms with Crippen LogP contribution >= 0.6 is 23.2 Å².